The van der Waals surface area contributed by atoms with E-state index in [0.29, 0.717) is 6.54 Å². The SMILES string of the molecule is CC(c1cccs1)N(C)CC(O)c1ccc(S(C)(=O)=O)cc1. The van der Waals surface area contributed by atoms with E-state index in [4.69, 9.17) is 0 Å². The fourth-order valence-electron chi connectivity index (χ4n) is 2.22. The van der Waals surface area contributed by atoms with Crippen LogP contribution in [0.5, 0.6) is 0 Å². The molecule has 0 aliphatic carbocycles. The zero-order valence-corrected chi connectivity index (χ0v) is 14.6. The van der Waals surface area contributed by atoms with Crippen molar-refractivity contribution in [2.45, 2.75) is 24.0 Å². The van der Waals surface area contributed by atoms with E-state index in [2.05, 4.69) is 17.9 Å². The quantitative estimate of drug-likeness (QED) is 0.879. The highest BCUT2D eigenvalue weighted by molar-refractivity contribution is 7.90. The molecule has 0 bridgehead atoms. The van der Waals surface area contributed by atoms with E-state index in [1.165, 1.54) is 23.3 Å². The molecule has 4 nitrogen and oxygen atoms in total. The van der Waals surface area contributed by atoms with Crippen LogP contribution in [-0.4, -0.2) is 38.3 Å². The number of hydrogen-bond donors (Lipinski definition) is 1. The molecule has 2 unspecified atom stereocenters. The third-order valence-corrected chi connectivity index (χ3v) is 5.94. The number of likely N-dealkylation sites (N-methyl/N-ethyl adjacent to an activating group) is 1. The van der Waals surface area contributed by atoms with Gasteiger partial charge in [-0.25, -0.2) is 8.42 Å². The molecule has 0 aliphatic heterocycles. The van der Waals surface area contributed by atoms with Crippen LogP contribution in [0.4, 0.5) is 0 Å². The van der Waals surface area contributed by atoms with Gasteiger partial charge in [0.2, 0.25) is 0 Å². The highest BCUT2D eigenvalue weighted by atomic mass is 32.2. The van der Waals surface area contributed by atoms with Gasteiger partial charge in [0.05, 0.1) is 11.0 Å². The van der Waals surface area contributed by atoms with Gasteiger partial charge in [-0.1, -0.05) is 18.2 Å². The molecule has 120 valence electrons. The van der Waals surface area contributed by atoms with Crippen LogP contribution in [0.2, 0.25) is 0 Å². The van der Waals surface area contributed by atoms with Gasteiger partial charge in [-0.15, -0.1) is 11.3 Å². The maximum atomic E-state index is 11.4. The van der Waals surface area contributed by atoms with Crippen molar-refractivity contribution >= 4 is 21.2 Å². The summed E-state index contributed by atoms with van der Waals surface area (Å²) in [6.45, 7) is 2.59. The van der Waals surface area contributed by atoms with E-state index in [1.807, 2.05) is 18.5 Å². The van der Waals surface area contributed by atoms with Crippen LogP contribution in [0.15, 0.2) is 46.7 Å². The minimum atomic E-state index is -3.20. The summed E-state index contributed by atoms with van der Waals surface area (Å²) in [6, 6.07) is 10.7. The van der Waals surface area contributed by atoms with E-state index in [9.17, 15) is 13.5 Å². The van der Waals surface area contributed by atoms with Crippen molar-refractivity contribution in [1.82, 2.24) is 4.90 Å². The highest BCUT2D eigenvalue weighted by Gasteiger charge is 2.17. The van der Waals surface area contributed by atoms with Crippen LogP contribution in [0, 0.1) is 0 Å². The molecule has 1 aromatic carbocycles. The largest absolute Gasteiger partial charge is 0.387 e. The van der Waals surface area contributed by atoms with Gasteiger partial charge in [0.1, 0.15) is 0 Å². The molecule has 2 rings (SSSR count). The zero-order valence-electron chi connectivity index (χ0n) is 12.9. The first-order chi connectivity index (χ1) is 10.3. The van der Waals surface area contributed by atoms with E-state index in [1.54, 1.807) is 23.5 Å². The Morgan fingerprint density at radius 2 is 1.86 bits per heavy atom. The molecule has 0 saturated heterocycles. The highest BCUT2D eigenvalue weighted by Crippen LogP contribution is 2.25. The van der Waals surface area contributed by atoms with Crippen LogP contribution < -0.4 is 0 Å². The first-order valence-corrected chi connectivity index (χ1v) is 9.78. The number of aliphatic hydroxyl groups excluding tert-OH is 1. The molecular formula is C16H21NO3S2. The number of nitrogens with zero attached hydrogens (tertiary/aromatic N) is 1. The normalized spacial score (nSPS) is 15.0. The summed E-state index contributed by atoms with van der Waals surface area (Å²) in [4.78, 5) is 3.60. The van der Waals surface area contributed by atoms with Crippen LogP contribution in [0.1, 0.15) is 29.5 Å². The summed E-state index contributed by atoms with van der Waals surface area (Å²) in [5, 5.41) is 12.4. The molecule has 1 N–H and O–H groups in total. The van der Waals surface area contributed by atoms with Crippen molar-refractivity contribution in [3.05, 3.63) is 52.2 Å². The molecule has 6 heteroatoms. The van der Waals surface area contributed by atoms with Crippen molar-refractivity contribution in [1.29, 1.82) is 0 Å². The summed E-state index contributed by atoms with van der Waals surface area (Å²) in [5.41, 5.74) is 0.720. The molecule has 0 amide bonds. The second-order valence-electron chi connectivity index (χ2n) is 5.49. The van der Waals surface area contributed by atoms with E-state index >= 15 is 0 Å². The Morgan fingerprint density at radius 3 is 2.36 bits per heavy atom. The van der Waals surface area contributed by atoms with Gasteiger partial charge < -0.3 is 5.11 Å². The number of benzene rings is 1. The Morgan fingerprint density at radius 1 is 1.23 bits per heavy atom. The van der Waals surface area contributed by atoms with E-state index < -0.39 is 15.9 Å². The molecule has 2 atom stereocenters. The fraction of sp³-hybridized carbons (Fsp3) is 0.375. The molecule has 1 aromatic heterocycles. The van der Waals surface area contributed by atoms with Crippen LogP contribution in [0.25, 0.3) is 0 Å². The first-order valence-electron chi connectivity index (χ1n) is 7.01. The van der Waals surface area contributed by atoms with Gasteiger partial charge in [-0.05, 0) is 43.1 Å². The topological polar surface area (TPSA) is 57.6 Å². The predicted octanol–water partition coefficient (Wildman–Crippen LogP) is 2.88. The summed E-state index contributed by atoms with van der Waals surface area (Å²) >= 11 is 1.70. The van der Waals surface area contributed by atoms with Gasteiger partial charge in [0.15, 0.2) is 9.84 Å². The summed E-state index contributed by atoms with van der Waals surface area (Å²) in [5.74, 6) is 0. The monoisotopic (exact) mass is 339 g/mol. The third-order valence-electron chi connectivity index (χ3n) is 3.77. The second-order valence-corrected chi connectivity index (χ2v) is 8.48. The summed E-state index contributed by atoms with van der Waals surface area (Å²) in [6.07, 6.45) is 0.524. The average Bonchev–Trinajstić information content (AvgIpc) is 2.99. The lowest BCUT2D eigenvalue weighted by Crippen LogP contribution is -2.27. The van der Waals surface area contributed by atoms with Crippen molar-refractivity contribution in [2.75, 3.05) is 19.8 Å². The minimum absolute atomic E-state index is 0.227. The third kappa shape index (κ3) is 4.16. The van der Waals surface area contributed by atoms with E-state index in [0.717, 1.165) is 5.56 Å². The maximum Gasteiger partial charge on any atom is 0.175 e. The van der Waals surface area contributed by atoms with E-state index in [-0.39, 0.29) is 10.9 Å². The van der Waals surface area contributed by atoms with Gasteiger partial charge >= 0.3 is 0 Å². The van der Waals surface area contributed by atoms with Crippen molar-refractivity contribution < 1.29 is 13.5 Å². The van der Waals surface area contributed by atoms with Crippen molar-refractivity contribution in [2.24, 2.45) is 0 Å². The van der Waals surface area contributed by atoms with Crippen LogP contribution in [-0.2, 0) is 9.84 Å². The Bertz CT molecular complexity index is 694. The van der Waals surface area contributed by atoms with Crippen molar-refractivity contribution in [3.8, 4) is 0 Å². The zero-order chi connectivity index (χ0) is 16.3. The Hall–Kier alpha value is -1.21. The number of sulfone groups is 1. The number of thiophene rings is 1. The van der Waals surface area contributed by atoms with Crippen LogP contribution >= 0.6 is 11.3 Å². The molecule has 0 aliphatic rings. The van der Waals surface area contributed by atoms with Gasteiger partial charge in [0, 0.05) is 23.7 Å². The number of hydrogen-bond acceptors (Lipinski definition) is 5. The standard InChI is InChI=1S/C16H21NO3S2/c1-12(16-5-4-10-21-16)17(2)11-15(18)13-6-8-14(9-7-13)22(3,19)20/h4-10,12,15,18H,11H2,1-3H3. The second kappa shape index (κ2) is 6.91. The summed E-state index contributed by atoms with van der Waals surface area (Å²) in [7, 11) is -1.23. The molecule has 1 heterocycles. The molecular weight excluding hydrogens is 318 g/mol. The van der Waals surface area contributed by atoms with Crippen molar-refractivity contribution in [3.63, 3.8) is 0 Å². The molecule has 0 radical (unpaired) electrons. The van der Waals surface area contributed by atoms with Gasteiger partial charge in [-0.3, -0.25) is 4.90 Å². The predicted molar refractivity (Wildman–Crippen MR) is 89.9 cm³/mol. The fourth-order valence-corrected chi connectivity index (χ4v) is 3.70. The molecule has 22 heavy (non-hydrogen) atoms. The Labute approximate surface area is 135 Å². The van der Waals surface area contributed by atoms with Gasteiger partial charge in [-0.2, -0.15) is 0 Å². The molecule has 0 saturated carbocycles. The summed E-state index contributed by atoms with van der Waals surface area (Å²) < 4.78 is 22.9. The lowest BCUT2D eigenvalue weighted by atomic mass is 10.1. The molecule has 2 aromatic rings. The Balaban J connectivity index is 2.04. The smallest absolute Gasteiger partial charge is 0.175 e. The number of rotatable bonds is 6. The Kier molecular flexibility index (Phi) is 5.39. The van der Waals surface area contributed by atoms with Crippen LogP contribution in [0.3, 0.4) is 0 Å². The molecule has 0 spiro atoms. The average molecular weight is 339 g/mol. The number of aliphatic hydroxyl groups is 1. The molecule has 0 fully saturated rings. The lowest BCUT2D eigenvalue weighted by molar-refractivity contribution is 0.109. The maximum absolute atomic E-state index is 11.4. The lowest BCUT2D eigenvalue weighted by Gasteiger charge is -2.26. The van der Waals surface area contributed by atoms with Gasteiger partial charge in [0.25, 0.3) is 0 Å². The minimum Gasteiger partial charge on any atom is -0.387 e. The first kappa shape index (κ1) is 17.1.